The van der Waals surface area contributed by atoms with Crippen LogP contribution in [-0.2, 0) is 4.74 Å². The third-order valence-electron chi connectivity index (χ3n) is 5.77. The Morgan fingerprint density at radius 1 is 0.929 bits per heavy atom. The molecule has 2 aromatic carbocycles. The number of hydrogen-bond acceptors (Lipinski definition) is 5. The Kier molecular flexibility index (Phi) is 6.40. The van der Waals surface area contributed by atoms with E-state index in [0.717, 1.165) is 32.7 Å². The summed E-state index contributed by atoms with van der Waals surface area (Å²) in [6, 6.07) is 21.8. The van der Waals surface area contributed by atoms with E-state index in [1.807, 2.05) is 0 Å². The summed E-state index contributed by atoms with van der Waals surface area (Å²) in [5.74, 6) is 0. The molecule has 0 spiro atoms. The zero-order valence-electron chi connectivity index (χ0n) is 16.5. The number of aliphatic hydroxyl groups is 1. The van der Waals surface area contributed by atoms with Crippen molar-refractivity contribution in [2.24, 2.45) is 0 Å². The molecule has 0 radical (unpaired) electrons. The second-order valence-corrected chi connectivity index (χ2v) is 7.99. The van der Waals surface area contributed by atoms with Crippen molar-refractivity contribution in [3.8, 4) is 0 Å². The average Bonchev–Trinajstić information content (AvgIpc) is 2.95. The maximum Gasteiger partial charge on any atom is 0.113 e. The van der Waals surface area contributed by atoms with Gasteiger partial charge in [0.25, 0.3) is 0 Å². The van der Waals surface area contributed by atoms with Gasteiger partial charge in [-0.25, -0.2) is 0 Å². The van der Waals surface area contributed by atoms with Crippen molar-refractivity contribution in [1.82, 2.24) is 15.1 Å². The molecule has 0 amide bonds. The Morgan fingerprint density at radius 2 is 1.54 bits per heavy atom. The van der Waals surface area contributed by atoms with Crippen molar-refractivity contribution < 1.29 is 9.84 Å². The molecule has 0 aromatic heterocycles. The van der Waals surface area contributed by atoms with E-state index in [9.17, 15) is 5.11 Å². The third kappa shape index (κ3) is 4.80. The maximum atomic E-state index is 10.9. The number of benzene rings is 2. The summed E-state index contributed by atoms with van der Waals surface area (Å²) >= 11 is 0. The lowest BCUT2D eigenvalue weighted by Gasteiger charge is -2.42. The van der Waals surface area contributed by atoms with Crippen LogP contribution in [0, 0.1) is 0 Å². The molecule has 2 saturated heterocycles. The first-order valence-electron chi connectivity index (χ1n) is 10.3. The van der Waals surface area contributed by atoms with Crippen LogP contribution in [0.5, 0.6) is 0 Å². The summed E-state index contributed by atoms with van der Waals surface area (Å²) < 4.78 is 5.58. The molecule has 0 saturated carbocycles. The summed E-state index contributed by atoms with van der Waals surface area (Å²) in [7, 11) is 0. The monoisotopic (exact) mass is 381 g/mol. The fourth-order valence-corrected chi connectivity index (χ4v) is 4.36. The predicted molar refractivity (Wildman–Crippen MR) is 111 cm³/mol. The Balaban J connectivity index is 1.43. The van der Waals surface area contributed by atoms with Gasteiger partial charge in [0.1, 0.15) is 5.60 Å². The largest absolute Gasteiger partial charge is 0.385 e. The fraction of sp³-hybridized carbons (Fsp3) is 0.478. The van der Waals surface area contributed by atoms with Crippen LogP contribution >= 0.6 is 0 Å². The van der Waals surface area contributed by atoms with Crippen LogP contribution in [0.25, 0.3) is 0 Å². The molecule has 28 heavy (non-hydrogen) atoms. The molecule has 0 bridgehead atoms. The molecule has 5 heteroatoms. The van der Waals surface area contributed by atoms with Crippen molar-refractivity contribution in [1.29, 1.82) is 0 Å². The molecule has 2 aliphatic heterocycles. The van der Waals surface area contributed by atoms with Crippen molar-refractivity contribution >= 4 is 0 Å². The standard InChI is InChI=1S/C23H31N3O2/c27-23(17-24-11-16-28-19-23)18-25-12-14-26(15-13-25)22(20-7-3-1-4-8-20)21-9-5-2-6-10-21/h1-10,22,24,27H,11-19H2/t23-/m1/s1. The molecule has 2 N–H and O–H groups in total. The smallest absolute Gasteiger partial charge is 0.113 e. The number of nitrogens with zero attached hydrogens (tertiary/aromatic N) is 2. The Morgan fingerprint density at radius 3 is 2.14 bits per heavy atom. The molecule has 2 fully saturated rings. The first-order valence-corrected chi connectivity index (χ1v) is 10.3. The third-order valence-corrected chi connectivity index (χ3v) is 5.77. The van der Waals surface area contributed by atoms with Crippen LogP contribution in [0.15, 0.2) is 60.7 Å². The highest BCUT2D eigenvalue weighted by Gasteiger charge is 2.33. The van der Waals surface area contributed by atoms with Crippen molar-refractivity contribution in [2.45, 2.75) is 11.6 Å². The molecule has 0 aliphatic carbocycles. The van der Waals surface area contributed by atoms with Crippen molar-refractivity contribution in [2.75, 3.05) is 59.0 Å². The maximum absolute atomic E-state index is 10.9. The number of rotatable bonds is 5. The number of piperazine rings is 1. The van der Waals surface area contributed by atoms with E-state index < -0.39 is 5.60 Å². The minimum absolute atomic E-state index is 0.274. The molecule has 150 valence electrons. The quantitative estimate of drug-likeness (QED) is 0.826. The fourth-order valence-electron chi connectivity index (χ4n) is 4.36. The van der Waals surface area contributed by atoms with Gasteiger partial charge in [0, 0.05) is 45.8 Å². The number of nitrogens with one attached hydrogen (secondary N) is 1. The second kappa shape index (κ2) is 9.16. The van der Waals surface area contributed by atoms with Gasteiger partial charge in [0.2, 0.25) is 0 Å². The number of ether oxygens (including phenoxy) is 1. The van der Waals surface area contributed by atoms with E-state index in [1.165, 1.54) is 11.1 Å². The van der Waals surface area contributed by atoms with Gasteiger partial charge in [-0.15, -0.1) is 0 Å². The normalized spacial score (nSPS) is 24.9. The SMILES string of the molecule is O[C@@]1(CN2CCN(C(c3ccccc3)c3ccccc3)CC2)CNCCOC1. The minimum atomic E-state index is -0.795. The summed E-state index contributed by atoms with van der Waals surface area (Å²) in [6.45, 7) is 7.04. The van der Waals surface area contributed by atoms with Crippen LogP contribution in [0.3, 0.4) is 0 Å². The highest BCUT2D eigenvalue weighted by molar-refractivity contribution is 5.31. The molecule has 1 atom stereocenters. The second-order valence-electron chi connectivity index (χ2n) is 7.99. The van der Waals surface area contributed by atoms with Crippen molar-refractivity contribution in [3.63, 3.8) is 0 Å². The van der Waals surface area contributed by atoms with Gasteiger partial charge in [-0.1, -0.05) is 60.7 Å². The Labute approximate surface area is 167 Å². The Hall–Kier alpha value is -1.76. The van der Waals surface area contributed by atoms with E-state index in [-0.39, 0.29) is 6.04 Å². The topological polar surface area (TPSA) is 48.0 Å². The Bertz CT molecular complexity index is 670. The zero-order chi connectivity index (χ0) is 19.2. The van der Waals surface area contributed by atoms with Gasteiger partial charge >= 0.3 is 0 Å². The molecule has 2 aliphatic rings. The van der Waals surface area contributed by atoms with Gasteiger partial charge in [0.05, 0.1) is 19.3 Å². The van der Waals surface area contributed by atoms with Crippen LogP contribution in [-0.4, -0.2) is 79.5 Å². The molecular formula is C23H31N3O2. The van der Waals surface area contributed by atoms with Gasteiger partial charge in [-0.3, -0.25) is 9.80 Å². The van der Waals surface area contributed by atoms with Gasteiger partial charge < -0.3 is 15.2 Å². The van der Waals surface area contributed by atoms with Crippen LogP contribution in [0.1, 0.15) is 17.2 Å². The lowest BCUT2D eigenvalue weighted by Crippen LogP contribution is -2.56. The predicted octanol–water partition coefficient (Wildman–Crippen LogP) is 1.74. The van der Waals surface area contributed by atoms with Gasteiger partial charge in [-0.2, -0.15) is 0 Å². The summed E-state index contributed by atoms with van der Waals surface area (Å²) in [6.07, 6.45) is 0. The minimum Gasteiger partial charge on any atom is -0.385 e. The first-order chi connectivity index (χ1) is 13.7. The van der Waals surface area contributed by atoms with E-state index >= 15 is 0 Å². The highest BCUT2D eigenvalue weighted by Crippen LogP contribution is 2.29. The van der Waals surface area contributed by atoms with Gasteiger partial charge in [0.15, 0.2) is 0 Å². The molecule has 4 rings (SSSR count). The molecular weight excluding hydrogens is 350 g/mol. The van der Waals surface area contributed by atoms with E-state index in [4.69, 9.17) is 4.74 Å². The lowest BCUT2D eigenvalue weighted by atomic mass is 9.96. The van der Waals surface area contributed by atoms with E-state index in [1.54, 1.807) is 0 Å². The highest BCUT2D eigenvalue weighted by atomic mass is 16.5. The summed E-state index contributed by atoms with van der Waals surface area (Å²) in [4.78, 5) is 4.94. The van der Waals surface area contributed by atoms with Gasteiger partial charge in [-0.05, 0) is 11.1 Å². The zero-order valence-corrected chi connectivity index (χ0v) is 16.5. The average molecular weight is 382 g/mol. The number of β-amino-alcohol motifs (C(OH)–C–C–N with tert-alkyl or cyclic N) is 1. The van der Waals surface area contributed by atoms with Crippen molar-refractivity contribution in [3.05, 3.63) is 71.8 Å². The molecule has 2 aromatic rings. The summed E-state index contributed by atoms with van der Waals surface area (Å²) in [5, 5.41) is 14.2. The number of hydrogen-bond donors (Lipinski definition) is 2. The van der Waals surface area contributed by atoms with Crippen LogP contribution in [0.2, 0.25) is 0 Å². The van der Waals surface area contributed by atoms with Crippen LogP contribution in [0.4, 0.5) is 0 Å². The van der Waals surface area contributed by atoms with E-state index in [2.05, 4.69) is 75.8 Å². The molecule has 2 heterocycles. The first kappa shape index (κ1) is 19.6. The lowest BCUT2D eigenvalue weighted by molar-refractivity contribution is -0.0563. The van der Waals surface area contributed by atoms with Crippen LogP contribution < -0.4 is 5.32 Å². The molecule has 0 unspecified atom stereocenters. The molecule has 5 nitrogen and oxygen atoms in total. The van der Waals surface area contributed by atoms with E-state index in [0.29, 0.717) is 26.3 Å². The summed E-state index contributed by atoms with van der Waals surface area (Å²) in [5.41, 5.74) is 1.88.